The number of halogens is 3. The highest BCUT2D eigenvalue weighted by Gasteiger charge is 2.61. The standard InChI is InChI=1S/C19H27F3N2O3S/c1-5-10-18(19(20,21)22)11-7-12-24(18)17(25)15-8-6-9-16(13-15)28(26,27)23(4)14(2)3/h6,8-9,13-14H,5,7,10-12H2,1-4H3/t18-/m0/s1. The van der Waals surface area contributed by atoms with Crippen LogP contribution in [0, 0.1) is 0 Å². The summed E-state index contributed by atoms with van der Waals surface area (Å²) in [5, 5.41) is 0. The molecule has 0 radical (unpaired) electrons. The Labute approximate surface area is 164 Å². The number of sulfonamides is 1. The van der Waals surface area contributed by atoms with E-state index in [9.17, 15) is 26.4 Å². The smallest absolute Gasteiger partial charge is 0.324 e. The van der Waals surface area contributed by atoms with Gasteiger partial charge in [-0.05, 0) is 51.3 Å². The van der Waals surface area contributed by atoms with Crippen LogP contribution in [0.1, 0.15) is 56.8 Å². The number of carbonyl (C=O) groups excluding carboxylic acids is 1. The van der Waals surface area contributed by atoms with Crippen molar-refractivity contribution >= 4 is 15.9 Å². The third kappa shape index (κ3) is 3.91. The van der Waals surface area contributed by atoms with Gasteiger partial charge in [-0.3, -0.25) is 4.79 Å². The Kier molecular flexibility index (Phi) is 6.50. The van der Waals surface area contributed by atoms with Gasteiger partial charge in [-0.25, -0.2) is 8.42 Å². The van der Waals surface area contributed by atoms with Crippen molar-refractivity contribution in [2.45, 2.75) is 69.1 Å². The normalized spacial score (nSPS) is 21.0. The average molecular weight is 420 g/mol. The Balaban J connectivity index is 2.45. The molecule has 1 atom stereocenters. The van der Waals surface area contributed by atoms with Crippen LogP contribution < -0.4 is 0 Å². The Morgan fingerprint density at radius 3 is 2.50 bits per heavy atom. The van der Waals surface area contributed by atoms with Gasteiger partial charge in [0.25, 0.3) is 5.91 Å². The number of hydrogen-bond acceptors (Lipinski definition) is 3. The fourth-order valence-corrected chi connectivity index (χ4v) is 5.09. The number of benzene rings is 1. The summed E-state index contributed by atoms with van der Waals surface area (Å²) in [6, 6.07) is 4.96. The van der Waals surface area contributed by atoms with Crippen LogP contribution >= 0.6 is 0 Å². The second-order valence-corrected chi connectivity index (χ2v) is 9.48. The van der Waals surface area contributed by atoms with Gasteiger partial charge in [0, 0.05) is 25.2 Å². The van der Waals surface area contributed by atoms with E-state index >= 15 is 0 Å². The largest absolute Gasteiger partial charge is 0.411 e. The highest BCUT2D eigenvalue weighted by atomic mass is 32.2. The molecule has 0 N–H and O–H groups in total. The second kappa shape index (κ2) is 8.02. The highest BCUT2D eigenvalue weighted by molar-refractivity contribution is 7.89. The van der Waals surface area contributed by atoms with Crippen molar-refractivity contribution in [1.29, 1.82) is 0 Å². The van der Waals surface area contributed by atoms with E-state index in [2.05, 4.69) is 0 Å². The highest BCUT2D eigenvalue weighted by Crippen LogP contribution is 2.46. The summed E-state index contributed by atoms with van der Waals surface area (Å²) in [6.45, 7) is 5.07. The third-order valence-corrected chi connectivity index (χ3v) is 7.44. The van der Waals surface area contributed by atoms with E-state index in [0.717, 1.165) is 9.21 Å². The van der Waals surface area contributed by atoms with Gasteiger partial charge in [-0.15, -0.1) is 0 Å². The lowest BCUT2D eigenvalue weighted by Crippen LogP contribution is -2.57. The Hall–Kier alpha value is -1.61. The maximum absolute atomic E-state index is 13.9. The van der Waals surface area contributed by atoms with Crippen LogP contribution in [0.2, 0.25) is 0 Å². The maximum atomic E-state index is 13.9. The molecule has 1 aliphatic rings. The molecule has 158 valence electrons. The molecule has 9 heteroatoms. The molecule has 28 heavy (non-hydrogen) atoms. The summed E-state index contributed by atoms with van der Waals surface area (Å²) >= 11 is 0. The Bertz CT molecular complexity index is 824. The first-order valence-corrected chi connectivity index (χ1v) is 10.8. The summed E-state index contributed by atoms with van der Waals surface area (Å²) in [5.74, 6) is -0.785. The average Bonchev–Trinajstić information content (AvgIpc) is 3.05. The lowest BCUT2D eigenvalue weighted by atomic mass is 9.89. The fourth-order valence-electron chi connectivity index (χ4n) is 3.67. The van der Waals surface area contributed by atoms with Crippen LogP contribution in [0.3, 0.4) is 0 Å². The zero-order chi connectivity index (χ0) is 21.3. The minimum atomic E-state index is -4.54. The summed E-state index contributed by atoms with van der Waals surface area (Å²) in [5.41, 5.74) is -2.24. The van der Waals surface area contributed by atoms with Gasteiger partial charge in [-0.2, -0.15) is 17.5 Å². The zero-order valence-corrected chi connectivity index (χ0v) is 17.4. The summed E-state index contributed by atoms with van der Waals surface area (Å²) in [6.07, 6.45) is -4.30. The molecule has 0 bridgehead atoms. The van der Waals surface area contributed by atoms with E-state index in [-0.39, 0.29) is 48.7 Å². The first-order chi connectivity index (χ1) is 12.9. The summed E-state index contributed by atoms with van der Waals surface area (Å²) in [7, 11) is -2.42. The topological polar surface area (TPSA) is 57.7 Å². The van der Waals surface area contributed by atoms with Crippen molar-refractivity contribution in [1.82, 2.24) is 9.21 Å². The van der Waals surface area contributed by atoms with E-state index < -0.39 is 27.6 Å². The van der Waals surface area contributed by atoms with Crippen LogP contribution in [0.5, 0.6) is 0 Å². The van der Waals surface area contributed by atoms with Crippen molar-refractivity contribution in [2.24, 2.45) is 0 Å². The number of likely N-dealkylation sites (tertiary alicyclic amines) is 1. The van der Waals surface area contributed by atoms with Crippen LogP contribution in [0.15, 0.2) is 29.2 Å². The minimum absolute atomic E-state index is 0.00121. The lowest BCUT2D eigenvalue weighted by Gasteiger charge is -2.40. The molecule has 1 saturated heterocycles. The molecular formula is C19H27F3N2O3S. The predicted octanol–water partition coefficient (Wildman–Crippen LogP) is 4.05. The number of amides is 1. The van der Waals surface area contributed by atoms with E-state index in [1.807, 2.05) is 0 Å². The number of rotatable bonds is 6. The number of carbonyl (C=O) groups is 1. The zero-order valence-electron chi connectivity index (χ0n) is 16.6. The molecular weight excluding hydrogens is 393 g/mol. The molecule has 0 aliphatic carbocycles. The van der Waals surface area contributed by atoms with Crippen molar-refractivity contribution in [3.05, 3.63) is 29.8 Å². The van der Waals surface area contributed by atoms with Gasteiger partial charge in [0.05, 0.1) is 4.90 Å². The fraction of sp³-hybridized carbons (Fsp3) is 0.632. The van der Waals surface area contributed by atoms with Crippen LogP contribution in [0.4, 0.5) is 13.2 Å². The minimum Gasteiger partial charge on any atom is -0.324 e. The van der Waals surface area contributed by atoms with Gasteiger partial charge < -0.3 is 4.90 Å². The van der Waals surface area contributed by atoms with Crippen molar-refractivity contribution in [3.8, 4) is 0 Å². The quantitative estimate of drug-likeness (QED) is 0.698. The molecule has 1 amide bonds. The van der Waals surface area contributed by atoms with E-state index in [4.69, 9.17) is 0 Å². The number of alkyl halides is 3. The molecule has 1 aromatic rings. The van der Waals surface area contributed by atoms with Gasteiger partial charge in [0.15, 0.2) is 0 Å². The summed E-state index contributed by atoms with van der Waals surface area (Å²) < 4.78 is 68.2. The molecule has 2 rings (SSSR count). The molecule has 0 unspecified atom stereocenters. The SMILES string of the molecule is CCC[C@@]1(C(F)(F)F)CCCN1C(=O)c1cccc(S(=O)(=O)N(C)C(C)C)c1. The van der Waals surface area contributed by atoms with Crippen molar-refractivity contribution in [3.63, 3.8) is 0 Å². The second-order valence-electron chi connectivity index (χ2n) is 7.48. The molecule has 0 spiro atoms. The number of nitrogens with zero attached hydrogens (tertiary/aromatic N) is 2. The van der Waals surface area contributed by atoms with E-state index in [0.29, 0.717) is 0 Å². The molecule has 1 aromatic carbocycles. The van der Waals surface area contributed by atoms with Gasteiger partial charge in [-0.1, -0.05) is 19.4 Å². The lowest BCUT2D eigenvalue weighted by molar-refractivity contribution is -0.217. The predicted molar refractivity (Wildman–Crippen MR) is 100 cm³/mol. The third-order valence-electron chi connectivity index (χ3n) is 5.41. The van der Waals surface area contributed by atoms with E-state index in [1.165, 1.54) is 31.3 Å². The van der Waals surface area contributed by atoms with E-state index in [1.54, 1.807) is 20.8 Å². The van der Waals surface area contributed by atoms with Crippen LogP contribution in [-0.4, -0.2) is 54.9 Å². The van der Waals surface area contributed by atoms with Crippen LogP contribution in [0.25, 0.3) is 0 Å². The van der Waals surface area contributed by atoms with Crippen LogP contribution in [-0.2, 0) is 10.0 Å². The van der Waals surface area contributed by atoms with Crippen molar-refractivity contribution < 1.29 is 26.4 Å². The molecule has 1 heterocycles. The van der Waals surface area contributed by atoms with Gasteiger partial charge >= 0.3 is 6.18 Å². The number of hydrogen-bond donors (Lipinski definition) is 0. The van der Waals surface area contributed by atoms with Gasteiger partial charge in [0.2, 0.25) is 10.0 Å². The molecule has 5 nitrogen and oxygen atoms in total. The Morgan fingerprint density at radius 2 is 1.96 bits per heavy atom. The maximum Gasteiger partial charge on any atom is 0.411 e. The van der Waals surface area contributed by atoms with Crippen molar-refractivity contribution in [2.75, 3.05) is 13.6 Å². The summed E-state index contributed by atoms with van der Waals surface area (Å²) in [4.78, 5) is 13.8. The molecule has 1 aliphatic heterocycles. The molecule has 0 aromatic heterocycles. The Morgan fingerprint density at radius 1 is 1.32 bits per heavy atom. The monoisotopic (exact) mass is 420 g/mol. The first-order valence-electron chi connectivity index (χ1n) is 9.35. The molecule has 1 fully saturated rings. The first kappa shape index (κ1) is 22.7. The molecule has 0 saturated carbocycles. The van der Waals surface area contributed by atoms with Gasteiger partial charge in [0.1, 0.15) is 5.54 Å².